The van der Waals surface area contributed by atoms with Crippen LogP contribution in [0, 0.1) is 0 Å². The van der Waals surface area contributed by atoms with Crippen molar-refractivity contribution in [2.45, 2.75) is 0 Å². The fraction of sp³-hybridized carbons (Fsp3) is 0.111. The Morgan fingerprint density at radius 2 is 2.43 bits per heavy atom. The lowest BCUT2D eigenvalue weighted by Crippen LogP contribution is -2.29. The Morgan fingerprint density at radius 3 is 3.14 bits per heavy atom. The molecule has 0 spiro atoms. The molecule has 0 aliphatic rings. The second kappa shape index (κ2) is 3.47. The van der Waals surface area contributed by atoms with Gasteiger partial charge in [-0.1, -0.05) is 6.07 Å². The third-order valence-corrected chi connectivity index (χ3v) is 1.86. The van der Waals surface area contributed by atoms with E-state index in [1.165, 1.54) is 0 Å². The minimum atomic E-state index is -0.254. The molecule has 3 N–H and O–H groups in total. The lowest BCUT2D eigenvalue weighted by Gasteiger charge is -1.95. The van der Waals surface area contributed by atoms with E-state index in [1.54, 1.807) is 10.6 Å². The van der Waals surface area contributed by atoms with E-state index in [2.05, 4.69) is 10.3 Å². The number of amides is 1. The number of fused-ring (bicyclic) bond motifs is 1. The van der Waals surface area contributed by atoms with Crippen LogP contribution in [0.15, 0.2) is 30.6 Å². The molecule has 14 heavy (non-hydrogen) atoms. The van der Waals surface area contributed by atoms with E-state index in [4.69, 9.17) is 5.73 Å². The van der Waals surface area contributed by atoms with Gasteiger partial charge in [0.05, 0.1) is 6.67 Å². The molecule has 0 aliphatic heterocycles. The fourth-order valence-corrected chi connectivity index (χ4v) is 1.23. The zero-order valence-electron chi connectivity index (χ0n) is 7.47. The first-order chi connectivity index (χ1) is 6.81. The molecule has 5 heteroatoms. The summed E-state index contributed by atoms with van der Waals surface area (Å²) in [6.45, 7) is 0.118. The predicted octanol–water partition coefficient (Wildman–Crippen LogP) is -0.0197. The molecule has 0 saturated heterocycles. The van der Waals surface area contributed by atoms with Gasteiger partial charge in [0.2, 0.25) is 0 Å². The normalized spacial score (nSPS) is 10.4. The van der Waals surface area contributed by atoms with Gasteiger partial charge in [-0.2, -0.15) is 0 Å². The van der Waals surface area contributed by atoms with E-state index >= 15 is 0 Å². The summed E-state index contributed by atoms with van der Waals surface area (Å²) in [5, 5.41) is 2.49. The molecule has 2 aromatic heterocycles. The van der Waals surface area contributed by atoms with E-state index in [9.17, 15) is 4.79 Å². The third kappa shape index (κ3) is 1.45. The second-order valence-electron chi connectivity index (χ2n) is 2.80. The predicted molar refractivity (Wildman–Crippen MR) is 51.7 cm³/mol. The smallest absolute Gasteiger partial charge is 0.272 e. The first-order valence-corrected chi connectivity index (χ1v) is 4.23. The van der Waals surface area contributed by atoms with E-state index in [-0.39, 0.29) is 12.6 Å². The molecule has 0 aromatic carbocycles. The average Bonchev–Trinajstić information content (AvgIpc) is 2.61. The Labute approximate surface area is 80.6 Å². The van der Waals surface area contributed by atoms with Crippen LogP contribution >= 0.6 is 0 Å². The van der Waals surface area contributed by atoms with Crippen molar-refractivity contribution < 1.29 is 4.79 Å². The molecule has 2 heterocycles. The third-order valence-electron chi connectivity index (χ3n) is 1.86. The molecule has 5 nitrogen and oxygen atoms in total. The zero-order valence-corrected chi connectivity index (χ0v) is 7.47. The van der Waals surface area contributed by atoms with Gasteiger partial charge in [0.15, 0.2) is 0 Å². The molecule has 0 bridgehead atoms. The van der Waals surface area contributed by atoms with Gasteiger partial charge in [-0.25, -0.2) is 4.98 Å². The highest BCUT2D eigenvalue weighted by atomic mass is 16.1. The van der Waals surface area contributed by atoms with Crippen LogP contribution < -0.4 is 11.1 Å². The highest BCUT2D eigenvalue weighted by molar-refractivity contribution is 5.92. The van der Waals surface area contributed by atoms with E-state index in [0.29, 0.717) is 5.69 Å². The highest BCUT2D eigenvalue weighted by Gasteiger charge is 2.08. The van der Waals surface area contributed by atoms with Crippen LogP contribution in [0.4, 0.5) is 0 Å². The summed E-state index contributed by atoms with van der Waals surface area (Å²) in [4.78, 5) is 15.5. The minimum Gasteiger partial charge on any atom is -0.338 e. The summed E-state index contributed by atoms with van der Waals surface area (Å²) in [5.41, 5.74) is 6.32. The maximum atomic E-state index is 11.3. The number of nitrogens with two attached hydrogens (primary N) is 1. The number of pyridine rings is 1. The number of nitrogens with one attached hydrogen (secondary N) is 1. The van der Waals surface area contributed by atoms with Crippen molar-refractivity contribution in [2.75, 3.05) is 6.67 Å². The van der Waals surface area contributed by atoms with E-state index < -0.39 is 0 Å². The van der Waals surface area contributed by atoms with E-state index in [0.717, 1.165) is 5.65 Å². The summed E-state index contributed by atoms with van der Waals surface area (Å²) in [6, 6.07) is 5.57. The largest absolute Gasteiger partial charge is 0.338 e. The zero-order chi connectivity index (χ0) is 9.97. The first kappa shape index (κ1) is 8.71. The van der Waals surface area contributed by atoms with Crippen molar-refractivity contribution in [3.8, 4) is 0 Å². The Morgan fingerprint density at radius 1 is 1.57 bits per heavy atom. The molecular formula is C9H10N4O. The SMILES string of the molecule is NCNC(=O)c1cn2ccccc2n1. The Balaban J connectivity index is 2.40. The van der Waals surface area contributed by atoms with Crippen molar-refractivity contribution >= 4 is 11.6 Å². The summed E-state index contributed by atoms with van der Waals surface area (Å²) in [5.74, 6) is -0.254. The molecular weight excluding hydrogens is 180 g/mol. The van der Waals surface area contributed by atoms with Gasteiger partial charge in [-0.05, 0) is 12.1 Å². The maximum absolute atomic E-state index is 11.3. The van der Waals surface area contributed by atoms with Crippen LogP contribution in [0.2, 0.25) is 0 Å². The number of nitrogens with zero attached hydrogens (tertiary/aromatic N) is 2. The number of hydrogen-bond acceptors (Lipinski definition) is 3. The lowest BCUT2D eigenvalue weighted by molar-refractivity contribution is 0.0950. The number of hydrogen-bond donors (Lipinski definition) is 2. The standard InChI is InChI=1S/C9H10N4O/c10-6-11-9(14)7-5-13-4-2-1-3-8(13)12-7/h1-5H,6,10H2,(H,11,14). The fourth-order valence-electron chi connectivity index (χ4n) is 1.23. The highest BCUT2D eigenvalue weighted by Crippen LogP contribution is 2.03. The van der Waals surface area contributed by atoms with Crippen LogP contribution in [0.1, 0.15) is 10.5 Å². The van der Waals surface area contributed by atoms with Crippen LogP contribution in [0.25, 0.3) is 5.65 Å². The molecule has 0 aliphatic carbocycles. The molecule has 72 valence electrons. The summed E-state index contributed by atoms with van der Waals surface area (Å²) in [6.07, 6.45) is 3.50. The number of rotatable bonds is 2. The van der Waals surface area contributed by atoms with Gasteiger partial charge >= 0.3 is 0 Å². The van der Waals surface area contributed by atoms with Crippen LogP contribution in [-0.4, -0.2) is 22.0 Å². The molecule has 0 atom stereocenters. The quantitative estimate of drug-likeness (QED) is 0.654. The van der Waals surface area contributed by atoms with Gasteiger partial charge in [-0.3, -0.25) is 4.79 Å². The number of aromatic nitrogens is 2. The molecule has 0 unspecified atom stereocenters. The molecule has 0 fully saturated rings. The second-order valence-corrected chi connectivity index (χ2v) is 2.80. The van der Waals surface area contributed by atoms with Crippen LogP contribution in [-0.2, 0) is 0 Å². The lowest BCUT2D eigenvalue weighted by atomic mass is 10.4. The van der Waals surface area contributed by atoms with Crippen molar-refractivity contribution in [1.82, 2.24) is 14.7 Å². The number of carbonyl (C=O) groups excluding carboxylic acids is 1. The van der Waals surface area contributed by atoms with Gasteiger partial charge < -0.3 is 15.5 Å². The van der Waals surface area contributed by atoms with Crippen LogP contribution in [0.3, 0.4) is 0 Å². The first-order valence-electron chi connectivity index (χ1n) is 4.23. The topological polar surface area (TPSA) is 72.4 Å². The number of carbonyl (C=O) groups is 1. The summed E-state index contributed by atoms with van der Waals surface area (Å²) >= 11 is 0. The van der Waals surface area contributed by atoms with Crippen LogP contribution in [0.5, 0.6) is 0 Å². The van der Waals surface area contributed by atoms with Crippen molar-refractivity contribution in [3.63, 3.8) is 0 Å². The summed E-state index contributed by atoms with van der Waals surface area (Å²) < 4.78 is 1.78. The molecule has 2 aromatic rings. The minimum absolute atomic E-state index is 0.118. The van der Waals surface area contributed by atoms with Gasteiger partial charge in [0.1, 0.15) is 11.3 Å². The Bertz CT molecular complexity index is 430. The maximum Gasteiger partial charge on any atom is 0.272 e. The van der Waals surface area contributed by atoms with Gasteiger partial charge in [-0.15, -0.1) is 0 Å². The molecule has 2 rings (SSSR count). The monoisotopic (exact) mass is 190 g/mol. The average molecular weight is 190 g/mol. The van der Waals surface area contributed by atoms with Gasteiger partial charge in [0.25, 0.3) is 5.91 Å². The summed E-state index contributed by atoms with van der Waals surface area (Å²) in [7, 11) is 0. The van der Waals surface area contributed by atoms with E-state index in [1.807, 2.05) is 24.4 Å². The van der Waals surface area contributed by atoms with Crippen molar-refractivity contribution in [2.24, 2.45) is 5.73 Å². The molecule has 0 saturated carbocycles. The Hall–Kier alpha value is -1.88. The molecule has 1 amide bonds. The van der Waals surface area contributed by atoms with Crippen molar-refractivity contribution in [3.05, 3.63) is 36.3 Å². The number of imidazole rings is 1. The Kier molecular flexibility index (Phi) is 2.16. The molecule has 0 radical (unpaired) electrons. The van der Waals surface area contributed by atoms with Crippen molar-refractivity contribution in [1.29, 1.82) is 0 Å². The van der Waals surface area contributed by atoms with Gasteiger partial charge in [0, 0.05) is 12.4 Å².